The summed E-state index contributed by atoms with van der Waals surface area (Å²) in [4.78, 5) is 14.8. The van der Waals surface area contributed by atoms with Gasteiger partial charge in [-0.05, 0) is 11.6 Å². The van der Waals surface area contributed by atoms with Crippen molar-refractivity contribution in [2.45, 2.75) is 11.8 Å². The Morgan fingerprint density at radius 3 is 3.00 bits per heavy atom. The second kappa shape index (κ2) is 4.02. The summed E-state index contributed by atoms with van der Waals surface area (Å²) in [6, 6.07) is 5.29. The van der Waals surface area contributed by atoms with Gasteiger partial charge in [-0.25, -0.2) is 4.98 Å². The van der Waals surface area contributed by atoms with Crippen molar-refractivity contribution in [3.63, 3.8) is 0 Å². The van der Waals surface area contributed by atoms with Crippen molar-refractivity contribution < 1.29 is 14.3 Å². The van der Waals surface area contributed by atoms with Crippen LogP contribution in [0.4, 0.5) is 0 Å². The molecule has 5 heteroatoms. The van der Waals surface area contributed by atoms with E-state index in [0.29, 0.717) is 27.9 Å². The number of carbonyl (C=O) groups is 1. The van der Waals surface area contributed by atoms with Crippen LogP contribution >= 0.6 is 15.9 Å². The number of benzene rings is 1. The highest BCUT2D eigenvalue weighted by molar-refractivity contribution is 9.08. The molecule has 0 atom stereocenters. The summed E-state index contributed by atoms with van der Waals surface area (Å²) >= 11 is 3.24. The Labute approximate surface area is 94.0 Å². The van der Waals surface area contributed by atoms with Gasteiger partial charge in [0.05, 0.1) is 11.8 Å². The first-order chi connectivity index (χ1) is 7.20. The van der Waals surface area contributed by atoms with Crippen LogP contribution in [0.1, 0.15) is 11.5 Å². The van der Waals surface area contributed by atoms with Crippen molar-refractivity contribution in [2.75, 3.05) is 0 Å². The van der Waals surface area contributed by atoms with Crippen LogP contribution in [0.2, 0.25) is 0 Å². The fraction of sp³-hybridized carbons (Fsp3) is 0.200. The highest BCUT2D eigenvalue weighted by Crippen LogP contribution is 2.21. The van der Waals surface area contributed by atoms with Gasteiger partial charge in [-0.1, -0.05) is 28.1 Å². The number of hydrogen-bond acceptors (Lipinski definition) is 3. The lowest BCUT2D eigenvalue weighted by Gasteiger charge is -1.95. The highest BCUT2D eigenvalue weighted by atomic mass is 79.9. The highest BCUT2D eigenvalue weighted by Gasteiger charge is 2.10. The summed E-state index contributed by atoms with van der Waals surface area (Å²) in [5.41, 5.74) is 1.94. The van der Waals surface area contributed by atoms with Crippen LogP contribution in [0, 0.1) is 0 Å². The summed E-state index contributed by atoms with van der Waals surface area (Å²) in [5.74, 6) is -0.311. The summed E-state index contributed by atoms with van der Waals surface area (Å²) in [6.45, 7) is 0. The first-order valence-corrected chi connectivity index (χ1v) is 5.48. The van der Waals surface area contributed by atoms with E-state index in [1.165, 1.54) is 0 Å². The van der Waals surface area contributed by atoms with Crippen molar-refractivity contribution in [3.05, 3.63) is 29.7 Å². The number of para-hydroxylation sites is 1. The van der Waals surface area contributed by atoms with Crippen LogP contribution in [0.15, 0.2) is 22.6 Å². The Morgan fingerprint density at radius 2 is 2.33 bits per heavy atom. The number of carboxylic acid groups (broad SMARTS) is 1. The summed E-state index contributed by atoms with van der Waals surface area (Å²) in [6.07, 6.45) is -0.0361. The SMILES string of the molecule is O=C(O)Cc1cccc2oc(CBr)nc12. The molecule has 0 aliphatic carbocycles. The minimum absolute atomic E-state index is 0.0361. The van der Waals surface area contributed by atoms with Crippen LogP contribution in [0.3, 0.4) is 0 Å². The normalized spacial score (nSPS) is 10.7. The molecule has 0 fully saturated rings. The number of oxazole rings is 1. The third-order valence-electron chi connectivity index (χ3n) is 2.00. The number of hydrogen-bond donors (Lipinski definition) is 1. The molecule has 4 nitrogen and oxygen atoms in total. The summed E-state index contributed by atoms with van der Waals surface area (Å²) in [7, 11) is 0. The maximum absolute atomic E-state index is 10.6. The molecule has 2 aromatic rings. The number of nitrogens with zero attached hydrogens (tertiary/aromatic N) is 1. The second-order valence-corrected chi connectivity index (χ2v) is 3.64. The maximum Gasteiger partial charge on any atom is 0.307 e. The van der Waals surface area contributed by atoms with Gasteiger partial charge in [-0.2, -0.15) is 0 Å². The van der Waals surface area contributed by atoms with Gasteiger partial charge in [0.25, 0.3) is 0 Å². The fourth-order valence-electron chi connectivity index (χ4n) is 1.41. The van der Waals surface area contributed by atoms with Gasteiger partial charge in [0, 0.05) is 0 Å². The number of fused-ring (bicyclic) bond motifs is 1. The van der Waals surface area contributed by atoms with Crippen molar-refractivity contribution >= 4 is 33.0 Å². The molecule has 2 rings (SSSR count). The van der Waals surface area contributed by atoms with Gasteiger partial charge in [0.15, 0.2) is 5.58 Å². The van der Waals surface area contributed by atoms with Crippen LogP contribution in [-0.4, -0.2) is 16.1 Å². The summed E-state index contributed by atoms with van der Waals surface area (Å²) < 4.78 is 5.39. The number of carboxylic acids is 1. The number of aromatic nitrogens is 1. The second-order valence-electron chi connectivity index (χ2n) is 3.08. The molecule has 78 valence electrons. The fourth-order valence-corrected chi connectivity index (χ4v) is 1.65. The first kappa shape index (κ1) is 10.2. The van der Waals surface area contributed by atoms with E-state index in [2.05, 4.69) is 20.9 Å². The molecule has 1 heterocycles. The predicted octanol–water partition coefficient (Wildman–Crippen LogP) is 2.35. The lowest BCUT2D eigenvalue weighted by molar-refractivity contribution is -0.136. The van der Waals surface area contributed by atoms with E-state index in [0.717, 1.165) is 0 Å². The van der Waals surface area contributed by atoms with Gasteiger partial charge in [-0.3, -0.25) is 4.79 Å². The monoisotopic (exact) mass is 269 g/mol. The Balaban J connectivity index is 2.54. The van der Waals surface area contributed by atoms with Gasteiger partial charge in [0.2, 0.25) is 5.89 Å². The van der Waals surface area contributed by atoms with E-state index in [4.69, 9.17) is 9.52 Å². The van der Waals surface area contributed by atoms with E-state index in [-0.39, 0.29) is 6.42 Å². The standard InChI is InChI=1S/C10H8BrNO3/c11-5-8-12-10-6(4-9(13)14)2-1-3-7(10)15-8/h1-3H,4-5H2,(H,13,14). The Kier molecular flexibility index (Phi) is 2.73. The quantitative estimate of drug-likeness (QED) is 0.869. The van der Waals surface area contributed by atoms with Gasteiger partial charge >= 0.3 is 5.97 Å². The number of halogens is 1. The van der Waals surface area contributed by atoms with E-state index in [1.54, 1.807) is 18.2 Å². The van der Waals surface area contributed by atoms with Crippen molar-refractivity contribution in [3.8, 4) is 0 Å². The van der Waals surface area contributed by atoms with E-state index in [9.17, 15) is 4.79 Å². The molecule has 0 aliphatic rings. The van der Waals surface area contributed by atoms with Crippen LogP contribution in [0.5, 0.6) is 0 Å². The molecule has 0 bridgehead atoms. The zero-order valence-electron chi connectivity index (χ0n) is 7.74. The first-order valence-electron chi connectivity index (χ1n) is 4.36. The van der Waals surface area contributed by atoms with Crippen molar-refractivity contribution in [2.24, 2.45) is 0 Å². The molecule has 0 amide bonds. The Bertz CT molecular complexity index is 506. The van der Waals surface area contributed by atoms with Gasteiger partial charge < -0.3 is 9.52 Å². The minimum atomic E-state index is -0.870. The molecular weight excluding hydrogens is 262 g/mol. The van der Waals surface area contributed by atoms with Crippen LogP contribution < -0.4 is 0 Å². The minimum Gasteiger partial charge on any atom is -0.481 e. The molecule has 0 aliphatic heterocycles. The predicted molar refractivity (Wildman–Crippen MR) is 58.0 cm³/mol. The number of alkyl halides is 1. The molecule has 15 heavy (non-hydrogen) atoms. The smallest absolute Gasteiger partial charge is 0.307 e. The van der Waals surface area contributed by atoms with Crippen molar-refractivity contribution in [1.29, 1.82) is 0 Å². The molecule has 0 spiro atoms. The molecule has 1 aromatic carbocycles. The Hall–Kier alpha value is -1.36. The zero-order chi connectivity index (χ0) is 10.8. The molecule has 1 N–H and O–H groups in total. The summed E-state index contributed by atoms with van der Waals surface area (Å²) in [5, 5.41) is 9.24. The van der Waals surface area contributed by atoms with E-state index in [1.807, 2.05) is 0 Å². The van der Waals surface area contributed by atoms with E-state index < -0.39 is 5.97 Å². The third-order valence-corrected chi connectivity index (χ3v) is 2.48. The lowest BCUT2D eigenvalue weighted by atomic mass is 10.1. The van der Waals surface area contributed by atoms with E-state index >= 15 is 0 Å². The van der Waals surface area contributed by atoms with Gasteiger partial charge in [0.1, 0.15) is 5.52 Å². The topological polar surface area (TPSA) is 63.3 Å². The number of aliphatic carboxylic acids is 1. The van der Waals surface area contributed by atoms with Crippen LogP contribution in [0.25, 0.3) is 11.1 Å². The van der Waals surface area contributed by atoms with Gasteiger partial charge in [-0.15, -0.1) is 0 Å². The zero-order valence-corrected chi connectivity index (χ0v) is 9.32. The number of rotatable bonds is 3. The average molecular weight is 270 g/mol. The third kappa shape index (κ3) is 2.02. The maximum atomic E-state index is 10.6. The molecule has 1 aromatic heterocycles. The molecule has 0 saturated heterocycles. The van der Waals surface area contributed by atoms with Crippen LogP contribution in [-0.2, 0) is 16.5 Å². The lowest BCUT2D eigenvalue weighted by Crippen LogP contribution is -2.00. The molecule has 0 saturated carbocycles. The largest absolute Gasteiger partial charge is 0.481 e. The van der Waals surface area contributed by atoms with Crippen molar-refractivity contribution in [1.82, 2.24) is 4.98 Å². The molecular formula is C10H8BrNO3. The molecule has 0 unspecified atom stereocenters. The average Bonchev–Trinajstić information content (AvgIpc) is 2.61. The Morgan fingerprint density at radius 1 is 1.53 bits per heavy atom. The molecule has 0 radical (unpaired) electrons.